The summed E-state index contributed by atoms with van der Waals surface area (Å²) >= 11 is 6.20. The smallest absolute Gasteiger partial charge is 0.251 e. The quantitative estimate of drug-likeness (QED) is 0.0855. The summed E-state index contributed by atoms with van der Waals surface area (Å²) in [5.74, 6) is 0.756. The summed E-state index contributed by atoms with van der Waals surface area (Å²) in [5, 5.41) is 16.9. The van der Waals surface area contributed by atoms with E-state index in [1.807, 2.05) is 19.9 Å². The lowest BCUT2D eigenvalue weighted by Crippen LogP contribution is -2.50. The van der Waals surface area contributed by atoms with E-state index >= 15 is 0 Å². The number of amides is 1. The van der Waals surface area contributed by atoms with Gasteiger partial charge in [0.1, 0.15) is 5.75 Å². The molecule has 2 aliphatic rings. The highest BCUT2D eigenvalue weighted by atomic mass is 35.5. The van der Waals surface area contributed by atoms with Crippen LogP contribution in [0.4, 0.5) is 0 Å². The monoisotopic (exact) mass is 717 g/mol. The molecule has 0 atom stereocenters. The third-order valence-electron chi connectivity index (χ3n) is 11.4. The molecular weight excluding hydrogens is 640 g/mol. The number of halogens is 1. The number of aryl methyl sites for hydroxylation is 1. The minimum Gasteiger partial charge on any atom is -0.873 e. The minimum absolute atomic E-state index is 0.0811. The van der Waals surface area contributed by atoms with Crippen molar-refractivity contribution in [2.24, 2.45) is 5.92 Å². The van der Waals surface area contributed by atoms with E-state index in [4.69, 9.17) is 16.3 Å². The van der Waals surface area contributed by atoms with E-state index in [9.17, 15) is 9.90 Å². The van der Waals surface area contributed by atoms with Crippen molar-refractivity contribution in [3.8, 4) is 5.75 Å². The molecule has 288 valence electrons. The lowest BCUT2D eigenvalue weighted by molar-refractivity contribution is -0.929. The Morgan fingerprint density at radius 3 is 1.62 bits per heavy atom. The number of rotatable bonds is 24. The van der Waals surface area contributed by atoms with Gasteiger partial charge in [-0.2, -0.15) is 0 Å². The van der Waals surface area contributed by atoms with Crippen LogP contribution in [-0.4, -0.2) is 48.7 Å². The highest BCUT2D eigenvalue weighted by Gasteiger charge is 2.43. The van der Waals surface area contributed by atoms with Crippen molar-refractivity contribution in [2.45, 2.75) is 189 Å². The molecule has 1 aliphatic heterocycles. The molecule has 1 aliphatic carbocycles. The molecule has 1 spiro atoms. The Morgan fingerprint density at radius 2 is 1.22 bits per heavy atom. The van der Waals surface area contributed by atoms with Crippen molar-refractivity contribution in [3.63, 3.8) is 0 Å². The molecule has 0 bridgehead atoms. The predicted octanol–water partition coefficient (Wildman–Crippen LogP) is 11.6. The normalized spacial score (nSPS) is 19.1. The second kappa shape index (κ2) is 24.5. The molecule has 0 aromatic heterocycles. The van der Waals surface area contributed by atoms with Crippen molar-refractivity contribution in [1.82, 2.24) is 5.32 Å². The van der Waals surface area contributed by atoms with Gasteiger partial charge >= 0.3 is 0 Å². The number of hydrogen-bond acceptors (Lipinski definition) is 3. The first-order chi connectivity index (χ1) is 24.2. The molecule has 1 N–H and O–H groups in total. The molecule has 3 rings (SSSR count). The topological polar surface area (TPSA) is 61.4 Å². The molecule has 1 amide bonds. The van der Waals surface area contributed by atoms with Crippen LogP contribution in [0.15, 0.2) is 17.9 Å². The number of benzene rings is 1. The third-order valence-corrected chi connectivity index (χ3v) is 11.6. The van der Waals surface area contributed by atoms with Crippen LogP contribution in [0, 0.1) is 5.92 Å². The SMILES string of the molecule is CCCCCC[N+](CCCCCC)(CCCCCC)CCCCCC.CCOc1cc(Cl)cc(CC)c1C1=C([O-])C2(CCC(C)CC2)NC1=O. The highest BCUT2D eigenvalue weighted by Crippen LogP contribution is 2.44. The first-order valence-electron chi connectivity index (χ1n) is 21.2. The lowest BCUT2D eigenvalue weighted by atomic mass is 9.76. The van der Waals surface area contributed by atoms with Gasteiger partial charge in [0, 0.05) is 16.2 Å². The Bertz CT molecular complexity index is 1070. The van der Waals surface area contributed by atoms with Gasteiger partial charge in [-0.15, -0.1) is 0 Å². The van der Waals surface area contributed by atoms with Crippen LogP contribution < -0.4 is 15.2 Å². The minimum atomic E-state index is -0.729. The summed E-state index contributed by atoms with van der Waals surface area (Å²) in [6.45, 7) is 21.7. The maximum absolute atomic E-state index is 13.3. The summed E-state index contributed by atoms with van der Waals surface area (Å²) in [5.41, 5.74) is 1.00. The standard InChI is InChI=1S/C24H52N.C20H26ClNO3/c1-5-9-13-17-21-25(22-18-14-10-6-2,23-19-15-11-7-3)24-20-16-12-8-4;1-4-13-10-14(21)11-15(25-5-2)16(13)17-18(23)20(22-19(17)24)8-6-12(3)7-9-20/h5-24H2,1-4H3;10-12,23H,4-9H2,1-3H3,(H,22,24)/q+1;/p-1. The van der Waals surface area contributed by atoms with Gasteiger partial charge in [-0.25, -0.2) is 0 Å². The van der Waals surface area contributed by atoms with Crippen LogP contribution in [-0.2, 0) is 11.2 Å². The van der Waals surface area contributed by atoms with Crippen LogP contribution in [0.25, 0.3) is 5.57 Å². The van der Waals surface area contributed by atoms with Gasteiger partial charge in [-0.05, 0) is 114 Å². The molecule has 1 saturated carbocycles. The molecule has 0 radical (unpaired) electrons. The Labute approximate surface area is 313 Å². The molecule has 0 saturated heterocycles. The molecular formula is C44H77ClN2O3. The Morgan fingerprint density at radius 1 is 0.760 bits per heavy atom. The number of quaternary nitrogens is 1. The average Bonchev–Trinajstić information content (AvgIpc) is 3.34. The van der Waals surface area contributed by atoms with E-state index in [1.165, 1.54) is 133 Å². The average molecular weight is 718 g/mol. The van der Waals surface area contributed by atoms with Gasteiger partial charge in [0.2, 0.25) is 0 Å². The van der Waals surface area contributed by atoms with Gasteiger partial charge in [0.25, 0.3) is 5.91 Å². The van der Waals surface area contributed by atoms with Crippen LogP contribution in [0.1, 0.15) is 188 Å². The molecule has 1 aromatic carbocycles. The molecule has 1 aromatic rings. The van der Waals surface area contributed by atoms with E-state index in [2.05, 4.69) is 39.9 Å². The summed E-state index contributed by atoms with van der Waals surface area (Å²) in [7, 11) is 0. The van der Waals surface area contributed by atoms with Crippen LogP contribution in [0.2, 0.25) is 5.02 Å². The molecule has 1 heterocycles. The molecule has 1 fully saturated rings. The van der Waals surface area contributed by atoms with Gasteiger partial charge in [-0.3, -0.25) is 4.79 Å². The third kappa shape index (κ3) is 14.0. The fourth-order valence-electron chi connectivity index (χ4n) is 8.15. The van der Waals surface area contributed by atoms with Crippen molar-refractivity contribution >= 4 is 23.1 Å². The first kappa shape index (κ1) is 44.4. The second-order valence-electron chi connectivity index (χ2n) is 15.6. The largest absolute Gasteiger partial charge is 0.873 e. The Hall–Kier alpha value is -1.72. The number of carbonyl (C=O) groups is 1. The molecule has 6 heteroatoms. The van der Waals surface area contributed by atoms with E-state index < -0.39 is 5.54 Å². The van der Waals surface area contributed by atoms with E-state index in [-0.39, 0.29) is 17.2 Å². The van der Waals surface area contributed by atoms with Gasteiger partial charge in [0.15, 0.2) is 0 Å². The second-order valence-corrected chi connectivity index (χ2v) is 16.1. The summed E-state index contributed by atoms with van der Waals surface area (Å²) < 4.78 is 7.18. The molecule has 0 unspecified atom stereocenters. The lowest BCUT2D eigenvalue weighted by Gasteiger charge is -2.41. The fraction of sp³-hybridized carbons (Fsp3) is 0.795. The van der Waals surface area contributed by atoms with Gasteiger partial charge < -0.3 is 19.6 Å². The summed E-state index contributed by atoms with van der Waals surface area (Å²) in [4.78, 5) is 12.8. The van der Waals surface area contributed by atoms with E-state index in [0.29, 0.717) is 48.1 Å². The molecule has 5 nitrogen and oxygen atoms in total. The highest BCUT2D eigenvalue weighted by molar-refractivity contribution is 6.31. The van der Waals surface area contributed by atoms with E-state index in [1.54, 1.807) is 6.07 Å². The zero-order valence-corrected chi connectivity index (χ0v) is 34.4. The number of unbranched alkanes of at least 4 members (excludes halogenated alkanes) is 12. The van der Waals surface area contributed by atoms with Crippen molar-refractivity contribution in [3.05, 3.63) is 34.0 Å². The van der Waals surface area contributed by atoms with Crippen molar-refractivity contribution < 1.29 is 19.1 Å². The predicted molar refractivity (Wildman–Crippen MR) is 214 cm³/mol. The number of ether oxygens (including phenoxy) is 1. The number of nitrogens with zero attached hydrogens (tertiary/aromatic N) is 1. The zero-order chi connectivity index (χ0) is 36.8. The maximum Gasteiger partial charge on any atom is 0.251 e. The maximum atomic E-state index is 13.3. The fourth-order valence-corrected chi connectivity index (χ4v) is 8.38. The Kier molecular flexibility index (Phi) is 21.8. The van der Waals surface area contributed by atoms with Gasteiger partial charge in [-0.1, -0.05) is 110 Å². The summed E-state index contributed by atoms with van der Waals surface area (Å²) in [6.07, 6.45) is 26.9. The summed E-state index contributed by atoms with van der Waals surface area (Å²) in [6, 6.07) is 3.52. The zero-order valence-electron chi connectivity index (χ0n) is 33.7. The van der Waals surface area contributed by atoms with Crippen LogP contribution >= 0.6 is 11.6 Å². The van der Waals surface area contributed by atoms with Crippen molar-refractivity contribution in [2.75, 3.05) is 32.8 Å². The number of carbonyl (C=O) groups excluding carboxylic acids is 1. The Balaban J connectivity index is 0.000000347. The number of nitrogens with one attached hydrogen (secondary N) is 1. The van der Waals surface area contributed by atoms with Crippen LogP contribution in [0.3, 0.4) is 0 Å². The first-order valence-corrected chi connectivity index (χ1v) is 21.6. The van der Waals surface area contributed by atoms with Gasteiger partial charge in [0.05, 0.1) is 38.3 Å². The van der Waals surface area contributed by atoms with Crippen molar-refractivity contribution in [1.29, 1.82) is 0 Å². The molecule has 50 heavy (non-hydrogen) atoms. The van der Waals surface area contributed by atoms with E-state index in [0.717, 1.165) is 18.4 Å². The van der Waals surface area contributed by atoms with Crippen LogP contribution in [0.5, 0.6) is 5.75 Å². The number of hydrogen-bond donors (Lipinski definition) is 1.